The number of amides is 2. The molecule has 2 aromatic rings. The molecule has 150 valence electrons. The van der Waals surface area contributed by atoms with Crippen molar-refractivity contribution in [3.8, 4) is 0 Å². The molecule has 7 heteroatoms. The molecule has 3 heterocycles. The van der Waals surface area contributed by atoms with Crippen molar-refractivity contribution in [2.75, 3.05) is 26.3 Å². The number of benzene rings is 1. The van der Waals surface area contributed by atoms with Crippen molar-refractivity contribution < 1.29 is 14.3 Å². The van der Waals surface area contributed by atoms with Gasteiger partial charge in [0, 0.05) is 43.7 Å². The van der Waals surface area contributed by atoms with E-state index in [4.69, 9.17) is 9.47 Å². The number of aromatic nitrogens is 2. The fourth-order valence-corrected chi connectivity index (χ4v) is 4.01. The summed E-state index contributed by atoms with van der Waals surface area (Å²) in [5.41, 5.74) is 4.34. The lowest BCUT2D eigenvalue weighted by Gasteiger charge is -2.37. The number of nitrogens with zero attached hydrogens (tertiary/aromatic N) is 3. The Morgan fingerprint density at radius 1 is 1.14 bits per heavy atom. The van der Waals surface area contributed by atoms with Gasteiger partial charge in [0.25, 0.3) is 0 Å². The summed E-state index contributed by atoms with van der Waals surface area (Å²) in [6, 6.07) is 10.2. The number of likely N-dealkylation sites (tertiary alicyclic amines) is 1. The second-order valence-corrected chi connectivity index (χ2v) is 7.55. The summed E-state index contributed by atoms with van der Waals surface area (Å²) in [5, 5.41) is 7.72. The van der Waals surface area contributed by atoms with E-state index in [0.29, 0.717) is 32.8 Å². The Bertz CT molecular complexity index is 818. The number of rotatable bonds is 4. The molecule has 2 amide bonds. The SMILES string of the molecule is Cc1nn(Cc2ccccc2)c(C)c1CNC(=O)N1CCC2(CC1)OCCO2. The quantitative estimate of drug-likeness (QED) is 0.880. The summed E-state index contributed by atoms with van der Waals surface area (Å²) in [6.45, 7) is 7.87. The van der Waals surface area contributed by atoms with Crippen LogP contribution in [0.25, 0.3) is 0 Å². The number of aryl methyl sites for hydroxylation is 1. The van der Waals surface area contributed by atoms with Gasteiger partial charge >= 0.3 is 6.03 Å². The Labute approximate surface area is 165 Å². The Balaban J connectivity index is 1.34. The first-order valence-corrected chi connectivity index (χ1v) is 9.94. The number of piperidine rings is 1. The first-order valence-electron chi connectivity index (χ1n) is 9.94. The molecule has 7 nitrogen and oxygen atoms in total. The van der Waals surface area contributed by atoms with E-state index in [9.17, 15) is 4.79 Å². The molecule has 1 aromatic heterocycles. The lowest BCUT2D eigenvalue weighted by Crippen LogP contribution is -2.50. The lowest BCUT2D eigenvalue weighted by atomic mass is 10.0. The smallest absolute Gasteiger partial charge is 0.317 e. The van der Waals surface area contributed by atoms with Crippen LogP contribution in [0.4, 0.5) is 4.79 Å². The average molecular weight is 384 g/mol. The van der Waals surface area contributed by atoms with E-state index in [0.717, 1.165) is 36.3 Å². The van der Waals surface area contributed by atoms with Crippen LogP contribution in [0.3, 0.4) is 0 Å². The molecule has 0 atom stereocenters. The van der Waals surface area contributed by atoms with Gasteiger partial charge in [-0.1, -0.05) is 30.3 Å². The Morgan fingerprint density at radius 2 is 1.82 bits per heavy atom. The van der Waals surface area contributed by atoms with Crippen molar-refractivity contribution >= 4 is 6.03 Å². The van der Waals surface area contributed by atoms with Gasteiger partial charge in [-0.2, -0.15) is 5.10 Å². The van der Waals surface area contributed by atoms with Crippen LogP contribution in [0.2, 0.25) is 0 Å². The molecule has 2 aliphatic heterocycles. The van der Waals surface area contributed by atoms with Crippen LogP contribution < -0.4 is 5.32 Å². The lowest BCUT2D eigenvalue weighted by molar-refractivity contribution is -0.181. The molecule has 2 fully saturated rings. The molecule has 0 unspecified atom stereocenters. The van der Waals surface area contributed by atoms with Crippen molar-refractivity contribution in [3.05, 3.63) is 52.8 Å². The summed E-state index contributed by atoms with van der Waals surface area (Å²) >= 11 is 0. The van der Waals surface area contributed by atoms with Crippen molar-refractivity contribution in [3.63, 3.8) is 0 Å². The standard InChI is InChI=1S/C21H28N4O3/c1-16-19(17(2)25(23-16)15-18-6-4-3-5-7-18)14-22-20(26)24-10-8-21(9-11-24)27-12-13-28-21/h3-7H,8-15H2,1-2H3,(H,22,26). The van der Waals surface area contributed by atoms with Crippen LogP contribution in [0, 0.1) is 13.8 Å². The van der Waals surface area contributed by atoms with Crippen molar-refractivity contribution in [1.82, 2.24) is 20.0 Å². The third kappa shape index (κ3) is 3.91. The zero-order valence-corrected chi connectivity index (χ0v) is 16.6. The van der Waals surface area contributed by atoms with Gasteiger partial charge in [-0.25, -0.2) is 4.79 Å². The maximum absolute atomic E-state index is 12.6. The summed E-state index contributed by atoms with van der Waals surface area (Å²) < 4.78 is 13.5. The van der Waals surface area contributed by atoms with Crippen molar-refractivity contribution in [1.29, 1.82) is 0 Å². The van der Waals surface area contributed by atoms with Gasteiger partial charge in [-0.15, -0.1) is 0 Å². The molecule has 1 N–H and O–H groups in total. The molecule has 0 radical (unpaired) electrons. The molecular formula is C21H28N4O3. The highest BCUT2D eigenvalue weighted by Gasteiger charge is 2.40. The molecule has 1 spiro atoms. The molecule has 4 rings (SSSR count). The van der Waals surface area contributed by atoms with Crippen LogP contribution in [0.5, 0.6) is 0 Å². The predicted octanol–water partition coefficient (Wildman–Crippen LogP) is 2.60. The number of nitrogens with one attached hydrogen (secondary N) is 1. The van der Waals surface area contributed by atoms with E-state index in [2.05, 4.69) is 29.5 Å². The summed E-state index contributed by atoms with van der Waals surface area (Å²) in [5.74, 6) is -0.456. The minimum absolute atomic E-state index is 0.0394. The van der Waals surface area contributed by atoms with E-state index in [-0.39, 0.29) is 6.03 Å². The highest BCUT2D eigenvalue weighted by molar-refractivity contribution is 5.74. The second kappa shape index (κ2) is 7.93. The van der Waals surface area contributed by atoms with Gasteiger partial charge in [0.15, 0.2) is 5.79 Å². The molecule has 0 saturated carbocycles. The number of hydrogen-bond donors (Lipinski definition) is 1. The number of urea groups is 1. The number of hydrogen-bond acceptors (Lipinski definition) is 4. The normalized spacial score (nSPS) is 18.6. The topological polar surface area (TPSA) is 68.6 Å². The Kier molecular flexibility index (Phi) is 5.37. The summed E-state index contributed by atoms with van der Waals surface area (Å²) in [6.07, 6.45) is 1.46. The molecule has 0 bridgehead atoms. The first-order chi connectivity index (χ1) is 13.6. The minimum atomic E-state index is -0.456. The zero-order chi connectivity index (χ0) is 19.6. The average Bonchev–Trinajstić information content (AvgIpc) is 3.26. The van der Waals surface area contributed by atoms with Crippen LogP contribution >= 0.6 is 0 Å². The summed E-state index contributed by atoms with van der Waals surface area (Å²) in [7, 11) is 0. The van der Waals surface area contributed by atoms with Gasteiger partial charge < -0.3 is 19.7 Å². The van der Waals surface area contributed by atoms with Gasteiger partial charge in [0.1, 0.15) is 0 Å². The molecule has 2 aliphatic rings. The van der Waals surface area contributed by atoms with Gasteiger partial charge in [0.2, 0.25) is 0 Å². The zero-order valence-electron chi connectivity index (χ0n) is 16.6. The van der Waals surface area contributed by atoms with E-state index >= 15 is 0 Å². The van der Waals surface area contributed by atoms with E-state index in [1.807, 2.05) is 34.7 Å². The third-order valence-corrected chi connectivity index (χ3v) is 5.75. The molecule has 1 aromatic carbocycles. The fraction of sp³-hybridized carbons (Fsp3) is 0.524. The number of ether oxygens (including phenoxy) is 2. The van der Waals surface area contributed by atoms with Crippen LogP contribution in [-0.2, 0) is 22.6 Å². The van der Waals surface area contributed by atoms with Crippen LogP contribution in [0.1, 0.15) is 35.4 Å². The maximum atomic E-state index is 12.6. The number of carbonyl (C=O) groups is 1. The van der Waals surface area contributed by atoms with Gasteiger partial charge in [0.05, 0.1) is 25.5 Å². The molecule has 2 saturated heterocycles. The van der Waals surface area contributed by atoms with E-state index < -0.39 is 5.79 Å². The van der Waals surface area contributed by atoms with Crippen LogP contribution in [-0.4, -0.2) is 52.8 Å². The number of carbonyl (C=O) groups excluding carboxylic acids is 1. The van der Waals surface area contributed by atoms with Crippen LogP contribution in [0.15, 0.2) is 30.3 Å². The fourth-order valence-electron chi connectivity index (χ4n) is 4.01. The van der Waals surface area contributed by atoms with E-state index in [1.54, 1.807) is 0 Å². The Hall–Kier alpha value is -2.38. The summed E-state index contributed by atoms with van der Waals surface area (Å²) in [4.78, 5) is 14.4. The van der Waals surface area contributed by atoms with E-state index in [1.165, 1.54) is 5.56 Å². The largest absolute Gasteiger partial charge is 0.347 e. The molecule has 0 aliphatic carbocycles. The Morgan fingerprint density at radius 3 is 2.50 bits per heavy atom. The maximum Gasteiger partial charge on any atom is 0.317 e. The first kappa shape index (κ1) is 19.0. The third-order valence-electron chi connectivity index (χ3n) is 5.75. The molecule has 28 heavy (non-hydrogen) atoms. The predicted molar refractivity (Wildman–Crippen MR) is 105 cm³/mol. The molecular weight excluding hydrogens is 356 g/mol. The monoisotopic (exact) mass is 384 g/mol. The second-order valence-electron chi connectivity index (χ2n) is 7.55. The minimum Gasteiger partial charge on any atom is -0.347 e. The highest BCUT2D eigenvalue weighted by Crippen LogP contribution is 2.31. The van der Waals surface area contributed by atoms with Crippen molar-refractivity contribution in [2.24, 2.45) is 0 Å². The van der Waals surface area contributed by atoms with Gasteiger partial charge in [-0.05, 0) is 19.4 Å². The van der Waals surface area contributed by atoms with Gasteiger partial charge in [-0.3, -0.25) is 4.68 Å². The van der Waals surface area contributed by atoms with Crippen molar-refractivity contribution in [2.45, 2.75) is 45.6 Å². The highest BCUT2D eigenvalue weighted by atomic mass is 16.7.